The predicted octanol–water partition coefficient (Wildman–Crippen LogP) is 4.57. The molecule has 0 aliphatic carbocycles. The number of aryl methyl sites for hydroxylation is 2. The average molecular weight is 359 g/mol. The van der Waals surface area contributed by atoms with Crippen LogP contribution in [0.15, 0.2) is 54.7 Å². The Bertz CT molecular complexity index is 982. The van der Waals surface area contributed by atoms with Crippen LogP contribution >= 0.6 is 0 Å². The first kappa shape index (κ1) is 17.5. The van der Waals surface area contributed by atoms with Crippen molar-refractivity contribution in [2.45, 2.75) is 32.7 Å². The van der Waals surface area contributed by atoms with Crippen LogP contribution in [0.3, 0.4) is 0 Å². The Morgan fingerprint density at radius 3 is 2.70 bits per heavy atom. The highest BCUT2D eigenvalue weighted by Gasteiger charge is 2.25. The van der Waals surface area contributed by atoms with E-state index in [1.807, 2.05) is 35.2 Å². The van der Waals surface area contributed by atoms with Gasteiger partial charge in [0, 0.05) is 36.4 Å². The number of anilines is 1. The van der Waals surface area contributed by atoms with Crippen LogP contribution in [0.5, 0.6) is 0 Å². The number of piperidine rings is 1. The summed E-state index contributed by atoms with van der Waals surface area (Å²) >= 11 is 0. The molecule has 2 aromatic carbocycles. The molecular weight excluding hydrogens is 334 g/mol. The van der Waals surface area contributed by atoms with Gasteiger partial charge in [0.25, 0.3) is 5.91 Å². The lowest BCUT2D eigenvalue weighted by Gasteiger charge is -2.33. The Kier molecular flexibility index (Phi) is 4.80. The van der Waals surface area contributed by atoms with Crippen molar-refractivity contribution in [2.24, 2.45) is 0 Å². The number of carbonyl (C=O) groups excluding carboxylic acids is 1. The number of fused-ring (bicyclic) bond motifs is 1. The van der Waals surface area contributed by atoms with Crippen molar-refractivity contribution < 1.29 is 4.79 Å². The van der Waals surface area contributed by atoms with Crippen LogP contribution in [0.25, 0.3) is 10.8 Å². The second-order valence-electron chi connectivity index (χ2n) is 7.45. The molecule has 0 saturated carbocycles. The van der Waals surface area contributed by atoms with E-state index in [-0.39, 0.29) is 11.9 Å². The quantitative estimate of drug-likeness (QED) is 0.745. The van der Waals surface area contributed by atoms with Crippen LogP contribution in [0.2, 0.25) is 0 Å². The van der Waals surface area contributed by atoms with Crippen LogP contribution in [0.1, 0.15) is 34.5 Å². The maximum Gasteiger partial charge on any atom is 0.272 e. The second-order valence-corrected chi connectivity index (χ2v) is 7.45. The number of nitrogens with one attached hydrogen (secondary N) is 1. The standard InChI is InChI=1S/C23H25N3O/c1-16-9-10-20(12-17(16)2)25-21-8-5-11-26(15-21)23(27)22-13-18-6-3-4-7-19(18)14-24-22/h3-4,6-7,9-10,12-14,21,25H,5,8,11,15H2,1-2H3/t21-/m1/s1. The summed E-state index contributed by atoms with van der Waals surface area (Å²) < 4.78 is 0. The maximum absolute atomic E-state index is 13.0. The molecule has 3 aromatic rings. The molecule has 138 valence electrons. The summed E-state index contributed by atoms with van der Waals surface area (Å²) in [4.78, 5) is 19.3. The van der Waals surface area contributed by atoms with Gasteiger partial charge in [-0.1, -0.05) is 30.3 Å². The van der Waals surface area contributed by atoms with Crippen LogP contribution in [0, 0.1) is 13.8 Å². The van der Waals surface area contributed by atoms with Gasteiger partial charge >= 0.3 is 0 Å². The zero-order valence-corrected chi connectivity index (χ0v) is 15.9. The van der Waals surface area contributed by atoms with E-state index in [0.717, 1.165) is 35.8 Å². The summed E-state index contributed by atoms with van der Waals surface area (Å²) in [6.45, 7) is 5.75. The minimum Gasteiger partial charge on any atom is -0.381 e. The van der Waals surface area contributed by atoms with Crippen LogP contribution in [-0.4, -0.2) is 34.9 Å². The van der Waals surface area contributed by atoms with Crippen molar-refractivity contribution in [1.82, 2.24) is 9.88 Å². The summed E-state index contributed by atoms with van der Waals surface area (Å²) in [5.41, 5.74) is 4.23. The van der Waals surface area contributed by atoms with Gasteiger partial charge in [-0.2, -0.15) is 0 Å². The molecule has 1 aromatic heterocycles. The number of amides is 1. The van der Waals surface area contributed by atoms with Crippen LogP contribution in [-0.2, 0) is 0 Å². The fraction of sp³-hybridized carbons (Fsp3) is 0.304. The number of rotatable bonds is 3. The SMILES string of the molecule is Cc1ccc(N[C@@H]2CCCN(C(=O)c3cc4ccccc4cn3)C2)cc1C. The molecular formula is C23H25N3O. The van der Waals surface area contributed by atoms with E-state index in [4.69, 9.17) is 0 Å². The number of aromatic nitrogens is 1. The first-order valence-electron chi connectivity index (χ1n) is 9.58. The molecule has 0 spiro atoms. The van der Waals surface area contributed by atoms with Gasteiger partial charge < -0.3 is 10.2 Å². The number of hydrogen-bond donors (Lipinski definition) is 1. The first-order chi connectivity index (χ1) is 13.1. The van der Waals surface area contributed by atoms with Gasteiger partial charge in [0.2, 0.25) is 0 Å². The molecule has 1 amide bonds. The van der Waals surface area contributed by atoms with Gasteiger partial charge in [-0.15, -0.1) is 0 Å². The van der Waals surface area contributed by atoms with E-state index in [1.165, 1.54) is 11.1 Å². The van der Waals surface area contributed by atoms with Crippen molar-refractivity contribution in [1.29, 1.82) is 0 Å². The number of nitrogens with zero attached hydrogens (tertiary/aromatic N) is 2. The number of carbonyl (C=O) groups is 1. The van der Waals surface area contributed by atoms with E-state index in [0.29, 0.717) is 12.2 Å². The molecule has 4 rings (SSSR count). The Morgan fingerprint density at radius 1 is 1.07 bits per heavy atom. The molecule has 27 heavy (non-hydrogen) atoms. The lowest BCUT2D eigenvalue weighted by molar-refractivity contribution is 0.0709. The first-order valence-corrected chi connectivity index (χ1v) is 9.58. The Labute approximate surface area is 160 Å². The minimum absolute atomic E-state index is 0.0207. The molecule has 4 nitrogen and oxygen atoms in total. The van der Waals surface area contributed by atoms with Crippen LogP contribution < -0.4 is 5.32 Å². The zero-order valence-electron chi connectivity index (χ0n) is 15.9. The number of benzene rings is 2. The molecule has 2 heterocycles. The maximum atomic E-state index is 13.0. The summed E-state index contributed by atoms with van der Waals surface area (Å²) in [5, 5.41) is 5.71. The molecule has 1 fully saturated rings. The van der Waals surface area contributed by atoms with Gasteiger partial charge in [-0.3, -0.25) is 9.78 Å². The van der Waals surface area contributed by atoms with E-state index >= 15 is 0 Å². The Morgan fingerprint density at radius 2 is 1.89 bits per heavy atom. The summed E-state index contributed by atoms with van der Waals surface area (Å²) in [7, 11) is 0. The van der Waals surface area contributed by atoms with Gasteiger partial charge in [-0.25, -0.2) is 0 Å². The molecule has 1 aliphatic rings. The van der Waals surface area contributed by atoms with E-state index in [1.54, 1.807) is 6.20 Å². The highest BCUT2D eigenvalue weighted by Crippen LogP contribution is 2.21. The third-order valence-electron chi connectivity index (χ3n) is 5.44. The van der Waals surface area contributed by atoms with Crippen molar-refractivity contribution >= 4 is 22.4 Å². The number of likely N-dealkylation sites (tertiary alicyclic amines) is 1. The van der Waals surface area contributed by atoms with Gasteiger partial charge in [0.1, 0.15) is 5.69 Å². The average Bonchev–Trinajstić information content (AvgIpc) is 2.70. The molecule has 4 heteroatoms. The zero-order chi connectivity index (χ0) is 18.8. The lowest BCUT2D eigenvalue weighted by atomic mass is 10.0. The topological polar surface area (TPSA) is 45.2 Å². The number of pyridine rings is 1. The monoisotopic (exact) mass is 359 g/mol. The third kappa shape index (κ3) is 3.80. The molecule has 0 radical (unpaired) electrons. The molecule has 1 saturated heterocycles. The summed E-state index contributed by atoms with van der Waals surface area (Å²) in [6, 6.07) is 16.6. The second kappa shape index (κ2) is 7.39. The van der Waals surface area contributed by atoms with Gasteiger partial charge in [0.05, 0.1) is 0 Å². The van der Waals surface area contributed by atoms with Gasteiger partial charge in [-0.05, 0) is 61.4 Å². The molecule has 1 N–H and O–H groups in total. The van der Waals surface area contributed by atoms with E-state index in [9.17, 15) is 4.79 Å². The highest BCUT2D eigenvalue weighted by molar-refractivity contribution is 5.96. The molecule has 0 bridgehead atoms. The number of hydrogen-bond acceptors (Lipinski definition) is 3. The molecule has 1 aliphatic heterocycles. The van der Waals surface area contributed by atoms with Crippen molar-refractivity contribution in [2.75, 3.05) is 18.4 Å². The van der Waals surface area contributed by atoms with Gasteiger partial charge in [0.15, 0.2) is 0 Å². The smallest absolute Gasteiger partial charge is 0.272 e. The fourth-order valence-electron chi connectivity index (χ4n) is 3.71. The van der Waals surface area contributed by atoms with Crippen molar-refractivity contribution in [3.63, 3.8) is 0 Å². The Balaban J connectivity index is 1.48. The highest BCUT2D eigenvalue weighted by atomic mass is 16.2. The molecule has 0 unspecified atom stereocenters. The Hall–Kier alpha value is -2.88. The fourth-order valence-corrected chi connectivity index (χ4v) is 3.71. The lowest BCUT2D eigenvalue weighted by Crippen LogP contribution is -2.45. The van der Waals surface area contributed by atoms with Crippen molar-refractivity contribution in [3.05, 3.63) is 71.5 Å². The minimum atomic E-state index is 0.0207. The van der Waals surface area contributed by atoms with Crippen molar-refractivity contribution in [3.8, 4) is 0 Å². The van der Waals surface area contributed by atoms with E-state index < -0.39 is 0 Å². The predicted molar refractivity (Wildman–Crippen MR) is 110 cm³/mol. The summed E-state index contributed by atoms with van der Waals surface area (Å²) in [5.74, 6) is 0.0207. The largest absolute Gasteiger partial charge is 0.381 e. The third-order valence-corrected chi connectivity index (χ3v) is 5.44. The molecule has 1 atom stereocenters. The summed E-state index contributed by atoms with van der Waals surface area (Å²) in [6.07, 6.45) is 3.86. The van der Waals surface area contributed by atoms with Crippen LogP contribution in [0.4, 0.5) is 5.69 Å². The van der Waals surface area contributed by atoms with E-state index in [2.05, 4.69) is 42.3 Å². The normalized spacial score (nSPS) is 17.1.